The zero-order chi connectivity index (χ0) is 22.6. The van der Waals surface area contributed by atoms with E-state index < -0.39 is 0 Å². The number of benzene rings is 3. The Labute approximate surface area is 194 Å². The summed E-state index contributed by atoms with van der Waals surface area (Å²) in [7, 11) is 0. The fourth-order valence-corrected chi connectivity index (χ4v) is 4.75. The van der Waals surface area contributed by atoms with Gasteiger partial charge < -0.3 is 19.9 Å². The highest BCUT2D eigenvalue weighted by Crippen LogP contribution is 2.25. The van der Waals surface area contributed by atoms with Gasteiger partial charge in [0.05, 0.1) is 13.2 Å². The van der Waals surface area contributed by atoms with E-state index in [0.29, 0.717) is 25.9 Å². The van der Waals surface area contributed by atoms with Gasteiger partial charge in [-0.25, -0.2) is 0 Å². The Balaban J connectivity index is 1.17. The van der Waals surface area contributed by atoms with Crippen molar-refractivity contribution < 1.29 is 14.3 Å². The maximum atomic E-state index is 13.2. The molecular formula is C27H29N3O3. The Morgan fingerprint density at radius 2 is 1.52 bits per heavy atom. The van der Waals surface area contributed by atoms with Crippen LogP contribution in [0.5, 0.6) is 0 Å². The standard InChI is InChI=1S/C27H29N3O3/c31-26(28-22-8-10-23(11-9-22)29-16-18-33-19-17-29)21-12-14-30(15-13-21)27(32)25-7-3-5-20-4-1-2-6-24(20)25/h1-11,21H,12-19H2,(H,28,31). The fraction of sp³-hybridized carbons (Fsp3) is 0.333. The van der Waals surface area contributed by atoms with Crippen LogP contribution in [0.25, 0.3) is 10.8 Å². The minimum Gasteiger partial charge on any atom is -0.378 e. The first-order valence-electron chi connectivity index (χ1n) is 11.7. The average molecular weight is 444 g/mol. The van der Waals surface area contributed by atoms with E-state index in [2.05, 4.69) is 10.2 Å². The van der Waals surface area contributed by atoms with Gasteiger partial charge in [0.15, 0.2) is 0 Å². The Bertz CT molecular complexity index is 1130. The maximum absolute atomic E-state index is 13.2. The first-order chi connectivity index (χ1) is 16.2. The zero-order valence-corrected chi connectivity index (χ0v) is 18.7. The summed E-state index contributed by atoms with van der Waals surface area (Å²) >= 11 is 0. The summed E-state index contributed by atoms with van der Waals surface area (Å²) in [5, 5.41) is 5.10. The Kier molecular flexibility index (Phi) is 6.26. The molecule has 3 aromatic rings. The molecule has 33 heavy (non-hydrogen) atoms. The molecule has 2 saturated heterocycles. The van der Waals surface area contributed by atoms with Crippen molar-refractivity contribution in [3.8, 4) is 0 Å². The number of nitrogens with one attached hydrogen (secondary N) is 1. The van der Waals surface area contributed by atoms with E-state index in [4.69, 9.17) is 4.74 Å². The molecule has 2 aliphatic rings. The van der Waals surface area contributed by atoms with Crippen molar-refractivity contribution in [2.24, 2.45) is 5.92 Å². The molecule has 0 aliphatic carbocycles. The van der Waals surface area contributed by atoms with Crippen molar-refractivity contribution >= 4 is 34.0 Å². The van der Waals surface area contributed by atoms with Crippen LogP contribution in [0.4, 0.5) is 11.4 Å². The van der Waals surface area contributed by atoms with Gasteiger partial charge in [0.25, 0.3) is 5.91 Å². The third kappa shape index (κ3) is 4.71. The lowest BCUT2D eigenvalue weighted by Crippen LogP contribution is -2.41. The van der Waals surface area contributed by atoms with Crippen LogP contribution in [0.15, 0.2) is 66.7 Å². The van der Waals surface area contributed by atoms with Crippen LogP contribution in [0.1, 0.15) is 23.2 Å². The number of fused-ring (bicyclic) bond motifs is 1. The molecule has 0 saturated carbocycles. The lowest BCUT2D eigenvalue weighted by molar-refractivity contribution is -0.121. The van der Waals surface area contributed by atoms with E-state index >= 15 is 0 Å². The van der Waals surface area contributed by atoms with E-state index in [0.717, 1.165) is 54.0 Å². The number of amides is 2. The van der Waals surface area contributed by atoms with E-state index in [1.807, 2.05) is 71.6 Å². The number of likely N-dealkylation sites (tertiary alicyclic amines) is 1. The third-order valence-corrected chi connectivity index (χ3v) is 6.68. The number of hydrogen-bond donors (Lipinski definition) is 1. The highest BCUT2D eigenvalue weighted by atomic mass is 16.5. The van der Waals surface area contributed by atoms with Gasteiger partial charge in [-0.1, -0.05) is 36.4 Å². The molecule has 0 atom stereocenters. The second-order valence-corrected chi connectivity index (χ2v) is 8.73. The number of rotatable bonds is 4. The van der Waals surface area contributed by atoms with E-state index in [-0.39, 0.29) is 17.7 Å². The molecule has 6 nitrogen and oxygen atoms in total. The van der Waals surface area contributed by atoms with E-state index in [1.165, 1.54) is 0 Å². The minimum atomic E-state index is -0.0829. The quantitative estimate of drug-likeness (QED) is 0.658. The average Bonchev–Trinajstić information content (AvgIpc) is 2.89. The largest absolute Gasteiger partial charge is 0.378 e. The summed E-state index contributed by atoms with van der Waals surface area (Å²) < 4.78 is 5.41. The molecule has 2 heterocycles. The third-order valence-electron chi connectivity index (χ3n) is 6.68. The Hall–Kier alpha value is -3.38. The molecule has 3 aromatic carbocycles. The summed E-state index contributed by atoms with van der Waals surface area (Å²) in [5.41, 5.74) is 2.69. The maximum Gasteiger partial charge on any atom is 0.254 e. The molecule has 0 bridgehead atoms. The molecule has 2 fully saturated rings. The molecule has 6 heteroatoms. The smallest absolute Gasteiger partial charge is 0.254 e. The summed E-state index contributed by atoms with van der Waals surface area (Å²) in [6.45, 7) is 4.47. The number of ether oxygens (including phenoxy) is 1. The zero-order valence-electron chi connectivity index (χ0n) is 18.7. The molecule has 0 radical (unpaired) electrons. The molecule has 2 aliphatic heterocycles. The number of anilines is 2. The van der Waals surface area contributed by atoms with E-state index in [9.17, 15) is 9.59 Å². The molecular weight excluding hydrogens is 414 g/mol. The van der Waals surface area contributed by atoms with Crippen LogP contribution in [0, 0.1) is 5.92 Å². The second kappa shape index (κ2) is 9.63. The summed E-state index contributed by atoms with van der Waals surface area (Å²) in [4.78, 5) is 30.2. The van der Waals surface area contributed by atoms with Crippen LogP contribution in [0.2, 0.25) is 0 Å². The van der Waals surface area contributed by atoms with Crippen LogP contribution >= 0.6 is 0 Å². The fourth-order valence-electron chi connectivity index (χ4n) is 4.75. The van der Waals surface area contributed by atoms with Crippen LogP contribution in [-0.4, -0.2) is 56.1 Å². The summed E-state index contributed by atoms with van der Waals surface area (Å²) in [6.07, 6.45) is 1.35. The lowest BCUT2D eigenvalue weighted by atomic mass is 9.94. The Morgan fingerprint density at radius 1 is 0.818 bits per heavy atom. The normalized spacial score (nSPS) is 17.2. The molecule has 5 rings (SSSR count). The number of hydrogen-bond acceptors (Lipinski definition) is 4. The predicted molar refractivity (Wildman–Crippen MR) is 131 cm³/mol. The minimum absolute atomic E-state index is 0.0337. The van der Waals surface area contributed by atoms with E-state index in [1.54, 1.807) is 0 Å². The molecule has 1 N–H and O–H groups in total. The van der Waals surface area contributed by atoms with Gasteiger partial charge in [0.2, 0.25) is 5.91 Å². The monoisotopic (exact) mass is 443 g/mol. The number of carbonyl (C=O) groups is 2. The molecule has 0 aromatic heterocycles. The van der Waals surface area contributed by atoms with Gasteiger partial charge in [0.1, 0.15) is 0 Å². The second-order valence-electron chi connectivity index (χ2n) is 8.73. The van der Waals surface area contributed by atoms with Gasteiger partial charge in [-0.15, -0.1) is 0 Å². The number of carbonyl (C=O) groups excluding carboxylic acids is 2. The van der Waals surface area contributed by atoms with Crippen LogP contribution < -0.4 is 10.2 Å². The van der Waals surface area contributed by atoms with Crippen molar-refractivity contribution in [3.05, 3.63) is 72.3 Å². The summed E-state index contributed by atoms with van der Waals surface area (Å²) in [5.74, 6) is -0.00349. The van der Waals surface area contributed by atoms with Crippen molar-refractivity contribution in [2.75, 3.05) is 49.6 Å². The first-order valence-corrected chi connectivity index (χ1v) is 11.7. The number of piperidine rings is 1. The first kappa shape index (κ1) is 21.5. The Morgan fingerprint density at radius 3 is 2.27 bits per heavy atom. The van der Waals surface area contributed by atoms with Crippen molar-refractivity contribution in [2.45, 2.75) is 12.8 Å². The molecule has 0 unspecified atom stereocenters. The van der Waals surface area contributed by atoms with Crippen LogP contribution in [-0.2, 0) is 9.53 Å². The van der Waals surface area contributed by atoms with Crippen molar-refractivity contribution in [1.82, 2.24) is 4.90 Å². The number of nitrogens with zero attached hydrogens (tertiary/aromatic N) is 2. The van der Waals surface area contributed by atoms with Gasteiger partial charge >= 0.3 is 0 Å². The molecule has 170 valence electrons. The van der Waals surface area contributed by atoms with Gasteiger partial charge in [0, 0.05) is 49.0 Å². The molecule has 2 amide bonds. The predicted octanol–water partition coefficient (Wildman–Crippen LogP) is 4.17. The number of morpholine rings is 1. The van der Waals surface area contributed by atoms with Gasteiger partial charge in [-0.05, 0) is 53.9 Å². The summed E-state index contributed by atoms with van der Waals surface area (Å²) in [6, 6.07) is 21.8. The van der Waals surface area contributed by atoms with Crippen molar-refractivity contribution in [1.29, 1.82) is 0 Å². The van der Waals surface area contributed by atoms with Crippen molar-refractivity contribution in [3.63, 3.8) is 0 Å². The highest BCUT2D eigenvalue weighted by Gasteiger charge is 2.28. The molecule has 0 spiro atoms. The van der Waals surface area contributed by atoms with Gasteiger partial charge in [-0.2, -0.15) is 0 Å². The topological polar surface area (TPSA) is 61.9 Å². The van der Waals surface area contributed by atoms with Crippen LogP contribution in [0.3, 0.4) is 0 Å². The highest BCUT2D eigenvalue weighted by molar-refractivity contribution is 6.07. The SMILES string of the molecule is O=C(Nc1ccc(N2CCOCC2)cc1)C1CCN(C(=O)c2cccc3ccccc23)CC1. The van der Waals surface area contributed by atoms with Gasteiger partial charge in [-0.3, -0.25) is 9.59 Å². The lowest BCUT2D eigenvalue weighted by Gasteiger charge is -2.32.